The minimum atomic E-state index is -0.452. The molecule has 1 aliphatic carbocycles. The second-order valence-corrected chi connectivity index (χ2v) is 6.96. The SMILES string of the molecule is C=C(CNC(C)(C)C)CN(C)CC1(O)CCCC1. The van der Waals surface area contributed by atoms with Crippen molar-refractivity contribution in [3.63, 3.8) is 0 Å². The molecule has 1 aliphatic rings. The van der Waals surface area contributed by atoms with E-state index in [1.165, 1.54) is 5.57 Å². The van der Waals surface area contributed by atoms with Crippen molar-refractivity contribution in [1.82, 2.24) is 10.2 Å². The van der Waals surface area contributed by atoms with Crippen LogP contribution in [0.4, 0.5) is 0 Å². The van der Waals surface area contributed by atoms with Gasteiger partial charge in [-0.15, -0.1) is 0 Å². The zero-order valence-electron chi connectivity index (χ0n) is 12.6. The van der Waals surface area contributed by atoms with E-state index >= 15 is 0 Å². The summed E-state index contributed by atoms with van der Waals surface area (Å²) in [7, 11) is 2.07. The average Bonchev–Trinajstić information content (AvgIpc) is 2.60. The molecule has 0 aromatic carbocycles. The quantitative estimate of drug-likeness (QED) is 0.713. The molecule has 1 fully saturated rings. The van der Waals surface area contributed by atoms with Crippen LogP contribution in [0.5, 0.6) is 0 Å². The van der Waals surface area contributed by atoms with Crippen LogP contribution in [-0.2, 0) is 0 Å². The van der Waals surface area contributed by atoms with Gasteiger partial charge in [-0.05, 0) is 46.2 Å². The maximum atomic E-state index is 10.3. The molecule has 0 heterocycles. The van der Waals surface area contributed by atoms with Gasteiger partial charge in [-0.2, -0.15) is 0 Å². The third-order valence-electron chi connectivity index (χ3n) is 3.46. The van der Waals surface area contributed by atoms with Crippen LogP contribution >= 0.6 is 0 Å². The monoisotopic (exact) mass is 254 g/mol. The highest BCUT2D eigenvalue weighted by Gasteiger charge is 2.32. The number of hydrogen-bond donors (Lipinski definition) is 2. The topological polar surface area (TPSA) is 35.5 Å². The van der Waals surface area contributed by atoms with Crippen LogP contribution in [0.25, 0.3) is 0 Å². The second-order valence-electron chi connectivity index (χ2n) is 6.96. The normalized spacial score (nSPS) is 19.4. The highest BCUT2D eigenvalue weighted by atomic mass is 16.3. The minimum absolute atomic E-state index is 0.130. The first-order valence-electron chi connectivity index (χ1n) is 7.03. The van der Waals surface area contributed by atoms with Crippen molar-refractivity contribution in [2.75, 3.05) is 26.7 Å². The van der Waals surface area contributed by atoms with Gasteiger partial charge in [-0.25, -0.2) is 0 Å². The molecule has 106 valence electrons. The highest BCUT2D eigenvalue weighted by molar-refractivity contribution is 5.01. The Morgan fingerprint density at radius 1 is 1.33 bits per heavy atom. The molecule has 0 aromatic rings. The Hall–Kier alpha value is -0.380. The standard InChI is InChI=1S/C15H30N2O/c1-13(10-16-14(2,3)4)11-17(5)12-15(18)8-6-7-9-15/h16,18H,1,6-12H2,2-5H3. The minimum Gasteiger partial charge on any atom is -0.389 e. The van der Waals surface area contributed by atoms with E-state index in [0.717, 1.165) is 45.3 Å². The van der Waals surface area contributed by atoms with Crippen molar-refractivity contribution in [1.29, 1.82) is 0 Å². The molecule has 0 amide bonds. The summed E-state index contributed by atoms with van der Waals surface area (Å²) in [4.78, 5) is 2.19. The van der Waals surface area contributed by atoms with Gasteiger partial charge in [0.15, 0.2) is 0 Å². The Labute approximate surface area is 112 Å². The van der Waals surface area contributed by atoms with E-state index in [4.69, 9.17) is 0 Å². The molecule has 0 radical (unpaired) electrons. The van der Waals surface area contributed by atoms with E-state index < -0.39 is 5.60 Å². The highest BCUT2D eigenvalue weighted by Crippen LogP contribution is 2.29. The number of hydrogen-bond acceptors (Lipinski definition) is 3. The van der Waals surface area contributed by atoms with Gasteiger partial charge in [0.1, 0.15) is 0 Å². The molecule has 18 heavy (non-hydrogen) atoms. The van der Waals surface area contributed by atoms with Gasteiger partial charge >= 0.3 is 0 Å². The lowest BCUT2D eigenvalue weighted by molar-refractivity contribution is 0.0185. The zero-order valence-corrected chi connectivity index (χ0v) is 12.6. The van der Waals surface area contributed by atoms with Gasteiger partial charge < -0.3 is 10.4 Å². The van der Waals surface area contributed by atoms with Gasteiger partial charge in [-0.3, -0.25) is 4.90 Å². The first-order chi connectivity index (χ1) is 8.20. The fourth-order valence-corrected chi connectivity index (χ4v) is 2.58. The third-order valence-corrected chi connectivity index (χ3v) is 3.46. The predicted octanol–water partition coefficient (Wildman–Crippen LogP) is 2.17. The Morgan fingerprint density at radius 2 is 1.89 bits per heavy atom. The molecule has 3 nitrogen and oxygen atoms in total. The lowest BCUT2D eigenvalue weighted by Gasteiger charge is -2.29. The predicted molar refractivity (Wildman–Crippen MR) is 77.8 cm³/mol. The number of aliphatic hydroxyl groups is 1. The second kappa shape index (κ2) is 6.18. The Balaban J connectivity index is 2.27. The summed E-state index contributed by atoms with van der Waals surface area (Å²) in [6.07, 6.45) is 4.22. The van der Waals surface area contributed by atoms with Crippen LogP contribution in [0.2, 0.25) is 0 Å². The molecule has 0 aromatic heterocycles. The smallest absolute Gasteiger partial charge is 0.0774 e. The summed E-state index contributed by atoms with van der Waals surface area (Å²) in [6, 6.07) is 0. The summed E-state index contributed by atoms with van der Waals surface area (Å²) in [5.41, 5.74) is 0.853. The van der Waals surface area contributed by atoms with Crippen molar-refractivity contribution in [2.45, 2.75) is 57.6 Å². The van der Waals surface area contributed by atoms with E-state index in [-0.39, 0.29) is 5.54 Å². The van der Waals surface area contributed by atoms with E-state index in [9.17, 15) is 5.11 Å². The summed E-state index contributed by atoms with van der Waals surface area (Å²) in [5.74, 6) is 0. The molecule has 0 bridgehead atoms. The molecule has 1 saturated carbocycles. The number of likely N-dealkylation sites (N-methyl/N-ethyl adjacent to an activating group) is 1. The van der Waals surface area contributed by atoms with Gasteiger partial charge in [0.2, 0.25) is 0 Å². The van der Waals surface area contributed by atoms with Crippen LogP contribution in [0, 0.1) is 0 Å². The number of nitrogens with one attached hydrogen (secondary N) is 1. The fraction of sp³-hybridized carbons (Fsp3) is 0.867. The largest absolute Gasteiger partial charge is 0.389 e. The molecule has 0 atom stereocenters. The summed E-state index contributed by atoms with van der Waals surface area (Å²) < 4.78 is 0. The van der Waals surface area contributed by atoms with Crippen molar-refractivity contribution in [3.05, 3.63) is 12.2 Å². The van der Waals surface area contributed by atoms with Crippen molar-refractivity contribution in [2.24, 2.45) is 0 Å². The van der Waals surface area contributed by atoms with Crippen LogP contribution in [0.15, 0.2) is 12.2 Å². The first kappa shape index (κ1) is 15.7. The average molecular weight is 254 g/mol. The number of nitrogens with zero attached hydrogens (tertiary/aromatic N) is 1. The van der Waals surface area contributed by atoms with E-state index in [1.54, 1.807) is 0 Å². The summed E-state index contributed by atoms with van der Waals surface area (Å²) in [6.45, 7) is 13.0. The zero-order chi connectivity index (χ0) is 13.8. The maximum absolute atomic E-state index is 10.3. The molecule has 0 saturated heterocycles. The lowest BCUT2D eigenvalue weighted by Crippen LogP contribution is -2.42. The van der Waals surface area contributed by atoms with Crippen LogP contribution in [0.1, 0.15) is 46.5 Å². The summed E-state index contributed by atoms with van der Waals surface area (Å²) in [5, 5.41) is 13.8. The third kappa shape index (κ3) is 5.98. The Bertz CT molecular complexity index is 275. The van der Waals surface area contributed by atoms with Gasteiger partial charge in [0.25, 0.3) is 0 Å². The molecule has 3 heteroatoms. The van der Waals surface area contributed by atoms with E-state index in [0.29, 0.717) is 0 Å². The molecule has 0 aliphatic heterocycles. The molecule has 0 unspecified atom stereocenters. The maximum Gasteiger partial charge on any atom is 0.0774 e. The molecule has 1 rings (SSSR count). The van der Waals surface area contributed by atoms with Crippen LogP contribution in [-0.4, -0.2) is 47.8 Å². The van der Waals surface area contributed by atoms with Crippen LogP contribution in [0.3, 0.4) is 0 Å². The van der Waals surface area contributed by atoms with Crippen molar-refractivity contribution >= 4 is 0 Å². The lowest BCUT2D eigenvalue weighted by atomic mass is 10.0. The van der Waals surface area contributed by atoms with E-state index in [1.807, 2.05) is 0 Å². The van der Waals surface area contributed by atoms with Gasteiger partial charge in [-0.1, -0.05) is 19.4 Å². The Kier molecular flexibility index (Phi) is 5.38. The Morgan fingerprint density at radius 3 is 2.39 bits per heavy atom. The van der Waals surface area contributed by atoms with Gasteiger partial charge in [0.05, 0.1) is 5.60 Å². The first-order valence-corrected chi connectivity index (χ1v) is 7.03. The van der Waals surface area contributed by atoms with Crippen molar-refractivity contribution in [3.8, 4) is 0 Å². The molecular weight excluding hydrogens is 224 g/mol. The molecule has 0 spiro atoms. The number of rotatable bonds is 6. The van der Waals surface area contributed by atoms with E-state index in [2.05, 4.69) is 44.6 Å². The van der Waals surface area contributed by atoms with Crippen LogP contribution < -0.4 is 5.32 Å². The molecular formula is C15H30N2O. The van der Waals surface area contributed by atoms with Gasteiger partial charge in [0, 0.05) is 25.2 Å². The summed E-state index contributed by atoms with van der Waals surface area (Å²) >= 11 is 0. The van der Waals surface area contributed by atoms with Crippen molar-refractivity contribution < 1.29 is 5.11 Å². The fourth-order valence-electron chi connectivity index (χ4n) is 2.58. The molecule has 2 N–H and O–H groups in total.